The number of allylic oxidation sites excluding steroid dienone is 2. The summed E-state index contributed by atoms with van der Waals surface area (Å²) < 4.78 is 5.54. The predicted molar refractivity (Wildman–Crippen MR) is 191 cm³/mol. The molecule has 0 spiro atoms. The molecule has 9 nitrogen and oxygen atoms in total. The first-order chi connectivity index (χ1) is 22.2. The number of pyridine rings is 1. The quantitative estimate of drug-likeness (QED) is 0.145. The molecule has 4 N–H and O–H groups in total. The van der Waals surface area contributed by atoms with Crippen molar-refractivity contribution in [2.75, 3.05) is 57.3 Å². The SMILES string of the molecule is C=CNCC(C)/C=C(O)\C=C(\O)CC.CC.CCOc1ccc(CN2CCC(N3CCN(c4ncc(C)cc4O)CC3)CC2)cc1. The maximum Gasteiger partial charge on any atom is 0.171 e. The van der Waals surface area contributed by atoms with Crippen LogP contribution in [0.3, 0.4) is 0 Å². The number of hydrogen-bond acceptors (Lipinski definition) is 9. The van der Waals surface area contributed by atoms with E-state index in [1.807, 2.05) is 47.7 Å². The molecule has 1 atom stereocenters. The molecule has 2 aromatic rings. The van der Waals surface area contributed by atoms with Crippen molar-refractivity contribution in [2.45, 2.75) is 73.4 Å². The molecule has 2 aliphatic heterocycles. The van der Waals surface area contributed by atoms with Gasteiger partial charge in [-0.3, -0.25) is 9.80 Å². The van der Waals surface area contributed by atoms with E-state index in [0.717, 1.165) is 62.9 Å². The number of rotatable bonds is 12. The fraction of sp³-hybridized carbons (Fsp3) is 0.541. The minimum atomic E-state index is 0.0997. The van der Waals surface area contributed by atoms with Gasteiger partial charge in [0.15, 0.2) is 11.6 Å². The van der Waals surface area contributed by atoms with Crippen LogP contribution in [0.2, 0.25) is 0 Å². The lowest BCUT2D eigenvalue weighted by atomic mass is 10.0. The summed E-state index contributed by atoms with van der Waals surface area (Å²) in [6.45, 7) is 24.0. The smallest absolute Gasteiger partial charge is 0.171 e. The van der Waals surface area contributed by atoms with Gasteiger partial charge >= 0.3 is 0 Å². The second-order valence-electron chi connectivity index (χ2n) is 11.6. The highest BCUT2D eigenvalue weighted by Crippen LogP contribution is 2.27. The Kier molecular flexibility index (Phi) is 17.7. The van der Waals surface area contributed by atoms with Crippen molar-refractivity contribution in [3.8, 4) is 11.5 Å². The summed E-state index contributed by atoms with van der Waals surface area (Å²) in [7, 11) is 0. The highest BCUT2D eigenvalue weighted by molar-refractivity contribution is 5.52. The zero-order valence-corrected chi connectivity index (χ0v) is 29.1. The van der Waals surface area contributed by atoms with Crippen molar-refractivity contribution < 1.29 is 20.1 Å². The van der Waals surface area contributed by atoms with Gasteiger partial charge in [0.2, 0.25) is 0 Å². The van der Waals surface area contributed by atoms with Crippen molar-refractivity contribution in [2.24, 2.45) is 5.92 Å². The number of hydrogen-bond donors (Lipinski definition) is 4. The van der Waals surface area contributed by atoms with E-state index in [1.165, 1.54) is 24.5 Å². The van der Waals surface area contributed by atoms with Gasteiger partial charge in [-0.25, -0.2) is 4.98 Å². The van der Waals surface area contributed by atoms with E-state index in [2.05, 4.69) is 55.8 Å². The molecule has 0 bridgehead atoms. The minimum Gasteiger partial charge on any atom is -0.512 e. The summed E-state index contributed by atoms with van der Waals surface area (Å²) in [5.41, 5.74) is 2.35. The normalized spacial score (nSPS) is 17.2. The van der Waals surface area contributed by atoms with E-state index in [1.54, 1.807) is 18.3 Å². The van der Waals surface area contributed by atoms with E-state index in [9.17, 15) is 10.2 Å². The highest BCUT2D eigenvalue weighted by Gasteiger charge is 2.28. The molecule has 0 saturated carbocycles. The van der Waals surface area contributed by atoms with Crippen molar-refractivity contribution in [3.63, 3.8) is 0 Å². The Labute approximate surface area is 277 Å². The van der Waals surface area contributed by atoms with Crippen LogP contribution < -0.4 is 15.0 Å². The van der Waals surface area contributed by atoms with E-state index in [-0.39, 0.29) is 17.4 Å². The minimum absolute atomic E-state index is 0.0997. The third-order valence-electron chi connectivity index (χ3n) is 8.03. The van der Waals surface area contributed by atoms with E-state index in [4.69, 9.17) is 9.84 Å². The van der Waals surface area contributed by atoms with Crippen LogP contribution in [-0.2, 0) is 6.54 Å². The van der Waals surface area contributed by atoms with Gasteiger partial charge in [-0.05, 0) is 87.3 Å². The van der Waals surface area contributed by atoms with Crippen LogP contribution in [0, 0.1) is 12.8 Å². The number of aliphatic hydroxyl groups excluding tert-OH is 2. The molecule has 256 valence electrons. The molecule has 46 heavy (non-hydrogen) atoms. The second-order valence-corrected chi connectivity index (χ2v) is 11.6. The number of aromatic nitrogens is 1. The van der Waals surface area contributed by atoms with E-state index in [0.29, 0.717) is 31.4 Å². The molecule has 0 radical (unpaired) electrons. The molecule has 2 fully saturated rings. The van der Waals surface area contributed by atoms with Gasteiger partial charge in [-0.2, -0.15) is 0 Å². The van der Waals surface area contributed by atoms with Crippen LogP contribution in [0.1, 0.15) is 65.0 Å². The molecular weight excluding hydrogens is 578 g/mol. The number of piperidine rings is 1. The number of aliphatic hydroxyl groups is 2. The number of benzene rings is 1. The van der Waals surface area contributed by atoms with Crippen molar-refractivity contribution >= 4 is 5.82 Å². The Morgan fingerprint density at radius 1 is 1.07 bits per heavy atom. The van der Waals surface area contributed by atoms with Crippen molar-refractivity contribution in [1.82, 2.24) is 20.1 Å². The lowest BCUT2D eigenvalue weighted by Gasteiger charge is -2.43. The van der Waals surface area contributed by atoms with E-state index >= 15 is 0 Å². The van der Waals surface area contributed by atoms with Crippen LogP contribution in [0.5, 0.6) is 11.5 Å². The van der Waals surface area contributed by atoms with Gasteiger partial charge in [0.1, 0.15) is 11.5 Å². The highest BCUT2D eigenvalue weighted by atomic mass is 16.5. The molecule has 2 aliphatic rings. The summed E-state index contributed by atoms with van der Waals surface area (Å²) in [4.78, 5) is 11.9. The number of piperazine rings is 1. The Morgan fingerprint density at radius 3 is 2.28 bits per heavy atom. The van der Waals surface area contributed by atoms with Crippen LogP contribution in [-0.4, -0.2) is 88.6 Å². The largest absolute Gasteiger partial charge is 0.512 e. The molecule has 1 aromatic heterocycles. The average Bonchev–Trinajstić information content (AvgIpc) is 3.06. The Hall–Kier alpha value is -3.69. The zero-order valence-electron chi connectivity index (χ0n) is 29.1. The van der Waals surface area contributed by atoms with Gasteiger partial charge in [0, 0.05) is 64.0 Å². The summed E-state index contributed by atoms with van der Waals surface area (Å²) in [5, 5.41) is 31.7. The third-order valence-corrected chi connectivity index (χ3v) is 8.03. The number of anilines is 1. The Bertz CT molecular complexity index is 1200. The first kappa shape index (κ1) is 38.5. The second kappa shape index (κ2) is 21.2. The molecule has 9 heteroatoms. The molecule has 0 aliphatic carbocycles. The fourth-order valence-corrected chi connectivity index (χ4v) is 5.59. The number of likely N-dealkylation sites (tertiary alicyclic amines) is 1. The molecule has 2 saturated heterocycles. The number of ether oxygens (including phenoxy) is 1. The number of nitrogens with zero attached hydrogens (tertiary/aromatic N) is 4. The van der Waals surface area contributed by atoms with Crippen molar-refractivity contribution in [1.29, 1.82) is 0 Å². The molecule has 1 aromatic carbocycles. The van der Waals surface area contributed by atoms with Gasteiger partial charge in [-0.1, -0.05) is 46.4 Å². The fourth-order valence-electron chi connectivity index (χ4n) is 5.59. The topological polar surface area (TPSA) is 105 Å². The summed E-state index contributed by atoms with van der Waals surface area (Å²) in [5.74, 6) is 2.45. The number of aryl methyl sites for hydroxylation is 1. The van der Waals surface area contributed by atoms with Crippen LogP contribution >= 0.6 is 0 Å². The Morgan fingerprint density at radius 2 is 1.72 bits per heavy atom. The summed E-state index contributed by atoms with van der Waals surface area (Å²) in [6.07, 6.45) is 9.47. The first-order valence-electron chi connectivity index (χ1n) is 17.0. The van der Waals surface area contributed by atoms with Gasteiger partial charge in [0.05, 0.1) is 12.4 Å². The van der Waals surface area contributed by atoms with Gasteiger partial charge in [-0.15, -0.1) is 0 Å². The first-order valence-corrected chi connectivity index (χ1v) is 17.0. The molecular formula is C37H59N5O4. The third kappa shape index (κ3) is 13.3. The zero-order chi connectivity index (χ0) is 33.9. The van der Waals surface area contributed by atoms with Gasteiger partial charge in [0.25, 0.3) is 0 Å². The standard InChI is InChI=1S/C24H34N4O2.C11H19NO2.C2H6/c1-3-30-22-6-4-20(5-7-22)18-26-10-8-21(9-11-26)27-12-14-28(15-13-27)24-23(29)16-19(2)17-25-24;1-4-10(13)7-11(14)6-9(3)8-12-5-2;1-2/h4-7,16-17,21,29H,3,8-15,18H2,1-2H3;5-7,9,12-14H,2,4,8H2,1,3H3;1-2H3/b;10-7+,11-6+;. The summed E-state index contributed by atoms with van der Waals surface area (Å²) in [6, 6.07) is 11.0. The lowest BCUT2D eigenvalue weighted by Crippen LogP contribution is -2.53. The van der Waals surface area contributed by atoms with Gasteiger partial charge < -0.3 is 30.3 Å². The average molecular weight is 638 g/mol. The Balaban J connectivity index is 0.000000390. The molecule has 4 rings (SSSR count). The number of aromatic hydroxyl groups is 1. The molecule has 0 amide bonds. The monoisotopic (exact) mass is 637 g/mol. The van der Waals surface area contributed by atoms with Crippen LogP contribution in [0.25, 0.3) is 0 Å². The molecule has 3 heterocycles. The maximum atomic E-state index is 10.2. The molecule has 1 unspecified atom stereocenters. The summed E-state index contributed by atoms with van der Waals surface area (Å²) >= 11 is 0. The number of nitrogens with one attached hydrogen (secondary N) is 1. The lowest BCUT2D eigenvalue weighted by molar-refractivity contribution is 0.0996. The van der Waals surface area contributed by atoms with Crippen LogP contribution in [0.4, 0.5) is 5.82 Å². The van der Waals surface area contributed by atoms with Crippen LogP contribution in [0.15, 0.2) is 73.0 Å². The predicted octanol–water partition coefficient (Wildman–Crippen LogP) is 6.96. The van der Waals surface area contributed by atoms with Crippen molar-refractivity contribution in [3.05, 3.63) is 84.1 Å². The van der Waals surface area contributed by atoms with E-state index < -0.39 is 0 Å². The maximum absolute atomic E-state index is 10.2.